The monoisotopic (exact) mass is 264 g/mol. The molecular weight excluding hydrogens is 240 g/mol. The maximum Gasteiger partial charge on any atom is 0.225 e. The summed E-state index contributed by atoms with van der Waals surface area (Å²) in [5.74, 6) is 1.87. The fraction of sp³-hybridized carbons (Fsp3) is 0.714. The Balaban J connectivity index is 1.83. The van der Waals surface area contributed by atoms with Gasteiger partial charge in [-0.2, -0.15) is 5.10 Å². The van der Waals surface area contributed by atoms with Gasteiger partial charge in [-0.05, 0) is 44.2 Å². The molecule has 1 fully saturated rings. The van der Waals surface area contributed by atoms with E-state index in [4.69, 9.17) is 0 Å². The molecule has 1 aromatic rings. The van der Waals surface area contributed by atoms with Gasteiger partial charge in [0.25, 0.3) is 0 Å². The van der Waals surface area contributed by atoms with Crippen molar-refractivity contribution in [3.8, 4) is 0 Å². The molecule has 5 nitrogen and oxygen atoms in total. The summed E-state index contributed by atoms with van der Waals surface area (Å²) in [5.41, 5.74) is 1.06. The Labute approximate surface area is 114 Å². The Bertz CT molecular complexity index is 409. The van der Waals surface area contributed by atoms with Crippen molar-refractivity contribution in [3.63, 3.8) is 0 Å². The number of carbonyl (C=O) groups excluding carboxylic acids is 1. The number of amides is 1. The lowest BCUT2D eigenvalue weighted by Gasteiger charge is -2.27. The topological polar surface area (TPSA) is 69.8 Å². The number of nitrogens with one attached hydrogen (secondary N) is 3. The van der Waals surface area contributed by atoms with Crippen LogP contribution in [-0.4, -0.2) is 29.2 Å². The molecule has 2 heterocycles. The van der Waals surface area contributed by atoms with Crippen LogP contribution in [0, 0.1) is 11.8 Å². The van der Waals surface area contributed by atoms with E-state index in [1.54, 1.807) is 6.20 Å². The van der Waals surface area contributed by atoms with Gasteiger partial charge in [0.1, 0.15) is 5.82 Å². The third-order valence-corrected chi connectivity index (χ3v) is 4.01. The lowest BCUT2D eigenvalue weighted by Crippen LogP contribution is -2.34. The molecule has 106 valence electrons. The average molecular weight is 264 g/mol. The van der Waals surface area contributed by atoms with Gasteiger partial charge < -0.3 is 10.6 Å². The van der Waals surface area contributed by atoms with Gasteiger partial charge in [0.15, 0.2) is 0 Å². The predicted molar refractivity (Wildman–Crippen MR) is 76.0 cm³/mol. The number of hydrogen-bond donors (Lipinski definition) is 3. The van der Waals surface area contributed by atoms with Gasteiger partial charge in [-0.15, -0.1) is 0 Å². The first-order valence-electron chi connectivity index (χ1n) is 7.23. The average Bonchev–Trinajstić information content (AvgIpc) is 2.86. The summed E-state index contributed by atoms with van der Waals surface area (Å²) < 4.78 is 0. The van der Waals surface area contributed by atoms with Gasteiger partial charge in [0, 0.05) is 12.0 Å². The van der Waals surface area contributed by atoms with Crippen LogP contribution in [0.15, 0.2) is 6.20 Å². The van der Waals surface area contributed by atoms with E-state index in [1.165, 1.54) is 12.8 Å². The molecule has 1 amide bonds. The molecule has 0 spiro atoms. The van der Waals surface area contributed by atoms with Crippen LogP contribution in [-0.2, 0) is 11.2 Å². The minimum Gasteiger partial charge on any atom is -0.316 e. The van der Waals surface area contributed by atoms with Gasteiger partial charge >= 0.3 is 0 Å². The fourth-order valence-electron chi connectivity index (χ4n) is 2.70. The molecule has 1 aromatic heterocycles. The quantitative estimate of drug-likeness (QED) is 0.761. The van der Waals surface area contributed by atoms with E-state index < -0.39 is 0 Å². The zero-order chi connectivity index (χ0) is 13.7. The maximum absolute atomic E-state index is 12.1. The van der Waals surface area contributed by atoms with Crippen LogP contribution < -0.4 is 10.6 Å². The Hall–Kier alpha value is -1.36. The molecule has 0 aliphatic carbocycles. The smallest absolute Gasteiger partial charge is 0.225 e. The van der Waals surface area contributed by atoms with Crippen LogP contribution in [0.5, 0.6) is 0 Å². The van der Waals surface area contributed by atoms with Crippen molar-refractivity contribution in [1.29, 1.82) is 0 Å². The molecule has 0 radical (unpaired) electrons. The van der Waals surface area contributed by atoms with Crippen molar-refractivity contribution in [2.45, 2.75) is 39.5 Å². The maximum atomic E-state index is 12.1. The molecule has 5 heteroatoms. The van der Waals surface area contributed by atoms with Gasteiger partial charge in [-0.25, -0.2) is 0 Å². The first kappa shape index (κ1) is 14.1. The second kappa shape index (κ2) is 6.70. The normalized spacial score (nSPS) is 21.1. The molecule has 2 rings (SSSR count). The van der Waals surface area contributed by atoms with Crippen molar-refractivity contribution in [2.75, 3.05) is 18.4 Å². The summed E-state index contributed by atoms with van der Waals surface area (Å²) in [5, 5.41) is 13.2. The van der Waals surface area contributed by atoms with E-state index in [-0.39, 0.29) is 5.91 Å². The molecule has 2 unspecified atom stereocenters. The minimum absolute atomic E-state index is 0.0806. The number of piperidine rings is 1. The largest absolute Gasteiger partial charge is 0.316 e. The zero-order valence-corrected chi connectivity index (χ0v) is 11.8. The number of aromatic nitrogens is 2. The Morgan fingerprint density at radius 2 is 2.47 bits per heavy atom. The first-order valence-corrected chi connectivity index (χ1v) is 7.23. The lowest BCUT2D eigenvalue weighted by molar-refractivity contribution is -0.117. The van der Waals surface area contributed by atoms with Crippen molar-refractivity contribution < 1.29 is 4.79 Å². The highest BCUT2D eigenvalue weighted by Gasteiger charge is 2.22. The highest BCUT2D eigenvalue weighted by molar-refractivity contribution is 5.90. The number of carbonyl (C=O) groups is 1. The third-order valence-electron chi connectivity index (χ3n) is 4.01. The van der Waals surface area contributed by atoms with E-state index in [1.807, 2.05) is 0 Å². The van der Waals surface area contributed by atoms with Gasteiger partial charge in [-0.3, -0.25) is 9.89 Å². The third kappa shape index (κ3) is 3.80. The van der Waals surface area contributed by atoms with E-state index >= 15 is 0 Å². The molecule has 0 bridgehead atoms. The minimum atomic E-state index is 0.0806. The molecule has 0 aromatic carbocycles. The summed E-state index contributed by atoms with van der Waals surface area (Å²) >= 11 is 0. The fourth-order valence-corrected chi connectivity index (χ4v) is 2.70. The number of hydrogen-bond acceptors (Lipinski definition) is 3. The van der Waals surface area contributed by atoms with E-state index in [0.29, 0.717) is 18.3 Å². The number of rotatable bonds is 5. The second-order valence-corrected chi connectivity index (χ2v) is 5.46. The standard InChI is InChI=1S/C14H24N4O/c1-3-11-9-16-18-14(11)17-13(19)7-10(2)12-5-4-6-15-8-12/h9-10,12,15H,3-8H2,1-2H3,(H2,16,17,18,19). The number of aromatic amines is 1. The van der Waals surface area contributed by atoms with Crippen LogP contribution in [0.25, 0.3) is 0 Å². The number of anilines is 1. The summed E-state index contributed by atoms with van der Waals surface area (Å²) in [6.07, 6.45) is 5.66. The van der Waals surface area contributed by atoms with E-state index in [0.717, 1.165) is 30.9 Å². The molecule has 0 saturated carbocycles. The van der Waals surface area contributed by atoms with Crippen molar-refractivity contribution in [1.82, 2.24) is 15.5 Å². The lowest BCUT2D eigenvalue weighted by atomic mass is 9.85. The van der Waals surface area contributed by atoms with Gasteiger partial charge in [-0.1, -0.05) is 13.8 Å². The highest BCUT2D eigenvalue weighted by Crippen LogP contribution is 2.23. The molecule has 1 aliphatic rings. The summed E-state index contributed by atoms with van der Waals surface area (Å²) in [6.45, 7) is 6.38. The molecule has 1 aliphatic heterocycles. The SMILES string of the molecule is CCc1cn[nH]c1NC(=O)CC(C)C1CCCNC1. The predicted octanol–water partition coefficient (Wildman–Crippen LogP) is 1.94. The second-order valence-electron chi connectivity index (χ2n) is 5.46. The first-order chi connectivity index (χ1) is 9.20. The molecule has 2 atom stereocenters. The Morgan fingerprint density at radius 3 is 3.16 bits per heavy atom. The van der Waals surface area contributed by atoms with Crippen LogP contribution >= 0.6 is 0 Å². The van der Waals surface area contributed by atoms with Gasteiger partial charge in [0.05, 0.1) is 6.20 Å². The Kier molecular flexibility index (Phi) is 4.96. The van der Waals surface area contributed by atoms with Gasteiger partial charge in [0.2, 0.25) is 5.91 Å². The summed E-state index contributed by atoms with van der Waals surface area (Å²) in [4.78, 5) is 12.1. The highest BCUT2D eigenvalue weighted by atomic mass is 16.1. The van der Waals surface area contributed by atoms with Crippen LogP contribution in [0.1, 0.15) is 38.7 Å². The van der Waals surface area contributed by atoms with Crippen LogP contribution in [0.4, 0.5) is 5.82 Å². The van der Waals surface area contributed by atoms with Crippen molar-refractivity contribution in [3.05, 3.63) is 11.8 Å². The van der Waals surface area contributed by atoms with E-state index in [9.17, 15) is 4.79 Å². The van der Waals surface area contributed by atoms with Crippen LogP contribution in [0.2, 0.25) is 0 Å². The molecule has 19 heavy (non-hydrogen) atoms. The van der Waals surface area contributed by atoms with Crippen LogP contribution in [0.3, 0.4) is 0 Å². The number of nitrogens with zero attached hydrogens (tertiary/aromatic N) is 1. The number of H-pyrrole nitrogens is 1. The van der Waals surface area contributed by atoms with Crippen molar-refractivity contribution >= 4 is 11.7 Å². The van der Waals surface area contributed by atoms with Crippen molar-refractivity contribution in [2.24, 2.45) is 11.8 Å². The summed E-state index contributed by atoms with van der Waals surface area (Å²) in [6, 6.07) is 0. The zero-order valence-electron chi connectivity index (χ0n) is 11.8. The molecule has 1 saturated heterocycles. The number of aryl methyl sites for hydroxylation is 1. The summed E-state index contributed by atoms with van der Waals surface area (Å²) in [7, 11) is 0. The molecule has 3 N–H and O–H groups in total. The van der Waals surface area contributed by atoms with E-state index in [2.05, 4.69) is 34.7 Å². The Morgan fingerprint density at radius 1 is 1.63 bits per heavy atom. The molecular formula is C14H24N4O.